The molecule has 1 atom stereocenters. The highest BCUT2D eigenvalue weighted by molar-refractivity contribution is 5.81. The van der Waals surface area contributed by atoms with Gasteiger partial charge in [-0.1, -0.05) is 5.16 Å². The lowest BCUT2D eigenvalue weighted by atomic mass is 9.93. The first-order valence-corrected chi connectivity index (χ1v) is 8.62. The standard InChI is InChI=1S/C18H21F2N3O3/c1-11(25-16-4-3-14(19)10-15(16)20)18(24)23-7-5-13(6-8-23)9-17-21-12(2)26-22-17/h3-4,10-11,13H,5-9H2,1-2H3. The maximum atomic E-state index is 13.7. The molecule has 1 aliphatic heterocycles. The fourth-order valence-electron chi connectivity index (χ4n) is 3.11. The van der Waals surface area contributed by atoms with Crippen LogP contribution in [0.4, 0.5) is 8.78 Å². The number of halogens is 2. The lowest BCUT2D eigenvalue weighted by Gasteiger charge is -2.33. The number of carbonyl (C=O) groups is 1. The molecule has 0 saturated carbocycles. The van der Waals surface area contributed by atoms with E-state index in [9.17, 15) is 13.6 Å². The van der Waals surface area contributed by atoms with Crippen LogP contribution in [-0.2, 0) is 11.2 Å². The van der Waals surface area contributed by atoms with Gasteiger partial charge < -0.3 is 14.2 Å². The van der Waals surface area contributed by atoms with E-state index in [4.69, 9.17) is 9.26 Å². The number of nitrogens with zero attached hydrogens (tertiary/aromatic N) is 3. The van der Waals surface area contributed by atoms with E-state index in [0.717, 1.165) is 31.4 Å². The van der Waals surface area contributed by atoms with E-state index >= 15 is 0 Å². The third-order valence-corrected chi connectivity index (χ3v) is 4.51. The van der Waals surface area contributed by atoms with Crippen molar-refractivity contribution in [2.24, 2.45) is 5.92 Å². The SMILES string of the molecule is Cc1nc(CC2CCN(C(=O)C(C)Oc3ccc(F)cc3F)CC2)no1. The van der Waals surface area contributed by atoms with E-state index in [-0.39, 0.29) is 11.7 Å². The van der Waals surface area contributed by atoms with Gasteiger partial charge in [0.2, 0.25) is 5.89 Å². The van der Waals surface area contributed by atoms with Crippen LogP contribution in [0, 0.1) is 24.5 Å². The molecule has 2 aromatic rings. The minimum Gasteiger partial charge on any atom is -0.478 e. The van der Waals surface area contributed by atoms with Gasteiger partial charge >= 0.3 is 0 Å². The fraction of sp³-hybridized carbons (Fsp3) is 0.500. The van der Waals surface area contributed by atoms with E-state index < -0.39 is 17.7 Å². The van der Waals surface area contributed by atoms with Crippen LogP contribution in [0.3, 0.4) is 0 Å². The van der Waals surface area contributed by atoms with Crippen LogP contribution in [0.1, 0.15) is 31.5 Å². The van der Waals surface area contributed by atoms with Crippen LogP contribution in [0.5, 0.6) is 5.75 Å². The summed E-state index contributed by atoms with van der Waals surface area (Å²) in [4.78, 5) is 18.4. The summed E-state index contributed by atoms with van der Waals surface area (Å²) in [7, 11) is 0. The number of likely N-dealkylation sites (tertiary alicyclic amines) is 1. The highest BCUT2D eigenvalue weighted by Crippen LogP contribution is 2.23. The number of piperidine rings is 1. The molecule has 26 heavy (non-hydrogen) atoms. The fourth-order valence-corrected chi connectivity index (χ4v) is 3.11. The summed E-state index contributed by atoms with van der Waals surface area (Å²) in [5, 5.41) is 3.90. The molecule has 0 radical (unpaired) electrons. The Morgan fingerprint density at radius 3 is 2.73 bits per heavy atom. The molecule has 1 aliphatic rings. The van der Waals surface area contributed by atoms with Crippen molar-refractivity contribution in [3.8, 4) is 5.75 Å². The molecular formula is C18H21F2N3O3. The lowest BCUT2D eigenvalue weighted by molar-refractivity contribution is -0.139. The molecule has 1 aromatic carbocycles. The zero-order valence-electron chi connectivity index (χ0n) is 14.7. The Balaban J connectivity index is 1.51. The van der Waals surface area contributed by atoms with Crippen LogP contribution in [0.25, 0.3) is 0 Å². The van der Waals surface area contributed by atoms with Gasteiger partial charge in [0.15, 0.2) is 23.5 Å². The summed E-state index contributed by atoms with van der Waals surface area (Å²) in [6, 6.07) is 3.02. The minimum atomic E-state index is -0.841. The van der Waals surface area contributed by atoms with Gasteiger partial charge in [-0.3, -0.25) is 4.79 Å². The zero-order chi connectivity index (χ0) is 18.7. The van der Waals surface area contributed by atoms with E-state index in [1.807, 2.05) is 0 Å². The van der Waals surface area contributed by atoms with Crippen LogP contribution < -0.4 is 4.74 Å². The monoisotopic (exact) mass is 365 g/mol. The van der Waals surface area contributed by atoms with Crippen molar-refractivity contribution in [2.45, 2.75) is 39.2 Å². The first-order chi connectivity index (χ1) is 12.4. The Labute approximate surface area is 150 Å². The van der Waals surface area contributed by atoms with Crippen molar-refractivity contribution >= 4 is 5.91 Å². The second-order valence-electron chi connectivity index (χ2n) is 6.54. The highest BCUT2D eigenvalue weighted by atomic mass is 19.1. The van der Waals surface area contributed by atoms with Crippen molar-refractivity contribution in [3.05, 3.63) is 41.5 Å². The van der Waals surface area contributed by atoms with Gasteiger partial charge in [-0.25, -0.2) is 8.78 Å². The Morgan fingerprint density at radius 2 is 2.12 bits per heavy atom. The Hall–Kier alpha value is -2.51. The number of aryl methyl sites for hydroxylation is 1. The van der Waals surface area contributed by atoms with Gasteiger partial charge in [0.25, 0.3) is 5.91 Å². The van der Waals surface area contributed by atoms with Gasteiger partial charge in [0, 0.05) is 32.5 Å². The summed E-state index contributed by atoms with van der Waals surface area (Å²) >= 11 is 0. The van der Waals surface area contributed by atoms with Crippen LogP contribution >= 0.6 is 0 Å². The topological polar surface area (TPSA) is 68.5 Å². The van der Waals surface area contributed by atoms with Gasteiger partial charge in [-0.2, -0.15) is 4.98 Å². The average molecular weight is 365 g/mol. The highest BCUT2D eigenvalue weighted by Gasteiger charge is 2.28. The van der Waals surface area contributed by atoms with Crippen LogP contribution in [0.2, 0.25) is 0 Å². The van der Waals surface area contributed by atoms with Crippen molar-refractivity contribution < 1.29 is 22.8 Å². The Bertz CT molecular complexity index is 773. The summed E-state index contributed by atoms with van der Waals surface area (Å²) in [5.74, 6) is -0.215. The molecule has 8 heteroatoms. The van der Waals surface area contributed by atoms with Gasteiger partial charge in [0.1, 0.15) is 5.82 Å². The van der Waals surface area contributed by atoms with E-state index in [1.54, 1.807) is 18.7 Å². The molecule has 1 amide bonds. The second kappa shape index (κ2) is 7.80. The summed E-state index contributed by atoms with van der Waals surface area (Å²) in [5.41, 5.74) is 0. The molecule has 0 aliphatic carbocycles. The first kappa shape index (κ1) is 18.3. The van der Waals surface area contributed by atoms with Gasteiger partial charge in [-0.15, -0.1) is 0 Å². The Kier molecular flexibility index (Phi) is 5.49. The molecule has 1 fully saturated rings. The predicted octanol–water partition coefficient (Wildman–Crippen LogP) is 2.90. The summed E-state index contributed by atoms with van der Waals surface area (Å²) < 4.78 is 37.0. The quantitative estimate of drug-likeness (QED) is 0.815. The number of aromatic nitrogens is 2. The smallest absolute Gasteiger partial charge is 0.263 e. The third kappa shape index (κ3) is 4.36. The largest absolute Gasteiger partial charge is 0.478 e. The van der Waals surface area contributed by atoms with E-state index in [2.05, 4.69) is 10.1 Å². The number of carbonyl (C=O) groups excluding carboxylic acids is 1. The molecule has 0 N–H and O–H groups in total. The zero-order valence-corrected chi connectivity index (χ0v) is 14.7. The molecule has 2 heterocycles. The average Bonchev–Trinajstić information content (AvgIpc) is 3.02. The van der Waals surface area contributed by atoms with Crippen LogP contribution in [-0.4, -0.2) is 40.1 Å². The molecule has 1 saturated heterocycles. The number of rotatable bonds is 5. The van der Waals surface area contributed by atoms with E-state index in [1.165, 1.54) is 6.07 Å². The van der Waals surface area contributed by atoms with Crippen molar-refractivity contribution in [1.82, 2.24) is 15.0 Å². The van der Waals surface area contributed by atoms with Crippen molar-refractivity contribution in [1.29, 1.82) is 0 Å². The maximum absolute atomic E-state index is 13.7. The van der Waals surface area contributed by atoms with Crippen molar-refractivity contribution in [3.63, 3.8) is 0 Å². The van der Waals surface area contributed by atoms with E-state index in [0.29, 0.717) is 30.7 Å². The number of benzene rings is 1. The number of hydrogen-bond donors (Lipinski definition) is 0. The van der Waals surface area contributed by atoms with Crippen molar-refractivity contribution in [2.75, 3.05) is 13.1 Å². The molecule has 1 unspecified atom stereocenters. The third-order valence-electron chi connectivity index (χ3n) is 4.51. The number of hydrogen-bond acceptors (Lipinski definition) is 5. The number of ether oxygens (including phenoxy) is 1. The molecule has 0 bridgehead atoms. The minimum absolute atomic E-state index is 0.130. The van der Waals surface area contributed by atoms with Gasteiger partial charge in [0.05, 0.1) is 0 Å². The first-order valence-electron chi connectivity index (χ1n) is 8.62. The maximum Gasteiger partial charge on any atom is 0.263 e. The number of amides is 1. The normalized spacial score (nSPS) is 16.5. The molecule has 6 nitrogen and oxygen atoms in total. The Morgan fingerprint density at radius 1 is 1.38 bits per heavy atom. The molecule has 140 valence electrons. The van der Waals surface area contributed by atoms with Crippen LogP contribution in [0.15, 0.2) is 22.7 Å². The summed E-state index contributed by atoms with van der Waals surface area (Å²) in [6.45, 7) is 4.52. The molecular weight excluding hydrogens is 344 g/mol. The van der Waals surface area contributed by atoms with Gasteiger partial charge in [-0.05, 0) is 37.8 Å². The molecule has 3 rings (SSSR count). The lowest BCUT2D eigenvalue weighted by Crippen LogP contribution is -2.45. The predicted molar refractivity (Wildman–Crippen MR) is 88.5 cm³/mol. The summed E-state index contributed by atoms with van der Waals surface area (Å²) in [6.07, 6.45) is 1.55. The molecule has 1 aromatic heterocycles. The molecule has 0 spiro atoms. The second-order valence-corrected chi connectivity index (χ2v) is 6.54.